The van der Waals surface area contributed by atoms with Crippen LogP contribution in [-0.4, -0.2) is 16.7 Å². The lowest BCUT2D eigenvalue weighted by Crippen LogP contribution is -1.97. The van der Waals surface area contributed by atoms with Gasteiger partial charge >= 0.3 is 0 Å². The Morgan fingerprint density at radius 2 is 1.94 bits per heavy atom. The van der Waals surface area contributed by atoms with E-state index in [0.29, 0.717) is 12.5 Å². The monoisotopic (exact) mass is 213 g/mol. The van der Waals surface area contributed by atoms with Crippen LogP contribution in [-0.2, 0) is 0 Å². The zero-order valence-corrected chi connectivity index (χ0v) is 8.63. The van der Waals surface area contributed by atoms with Crippen molar-refractivity contribution in [1.29, 1.82) is 0 Å². The second-order valence-electron chi connectivity index (χ2n) is 3.78. The van der Waals surface area contributed by atoms with Gasteiger partial charge in [-0.3, -0.25) is 0 Å². The molecule has 1 N–H and O–H groups in total. The lowest BCUT2D eigenvalue weighted by Gasteiger charge is -2.03. The Morgan fingerprint density at radius 1 is 1.12 bits per heavy atom. The van der Waals surface area contributed by atoms with Crippen LogP contribution in [0.15, 0.2) is 42.5 Å². The van der Waals surface area contributed by atoms with Crippen molar-refractivity contribution < 1.29 is 9.84 Å². The second kappa shape index (κ2) is 3.61. The molecule has 0 aliphatic carbocycles. The van der Waals surface area contributed by atoms with Crippen molar-refractivity contribution in [2.24, 2.45) is 0 Å². The van der Waals surface area contributed by atoms with Gasteiger partial charge in [-0.1, -0.05) is 30.3 Å². The maximum Gasteiger partial charge on any atom is 0.220 e. The Labute approximate surface area is 93.3 Å². The molecule has 0 radical (unpaired) electrons. The van der Waals surface area contributed by atoms with Crippen LogP contribution < -0.4 is 4.74 Å². The highest BCUT2D eigenvalue weighted by atomic mass is 16.5. The van der Waals surface area contributed by atoms with Crippen molar-refractivity contribution >= 4 is 0 Å². The summed E-state index contributed by atoms with van der Waals surface area (Å²) in [5.74, 6) is 0.550. The average molecular weight is 213 g/mol. The van der Waals surface area contributed by atoms with Gasteiger partial charge in [0.15, 0.2) is 0 Å². The number of ether oxygens (including phenoxy) is 1. The fourth-order valence-corrected chi connectivity index (χ4v) is 1.84. The molecule has 1 atom stereocenters. The second-order valence-corrected chi connectivity index (χ2v) is 3.78. The third kappa shape index (κ3) is 1.46. The van der Waals surface area contributed by atoms with Crippen molar-refractivity contribution in [2.45, 2.75) is 6.10 Å². The number of aliphatic hydroxyl groups is 1. The fraction of sp³-hybridized carbons (Fsp3) is 0.154. The summed E-state index contributed by atoms with van der Waals surface area (Å²) in [5, 5.41) is 9.58. The van der Waals surface area contributed by atoms with Crippen LogP contribution in [0.1, 0.15) is 11.7 Å². The van der Waals surface area contributed by atoms with Crippen LogP contribution >= 0.6 is 0 Å². The minimum absolute atomic E-state index is 0.306. The summed E-state index contributed by atoms with van der Waals surface area (Å²) < 4.78 is 5.31. The predicted molar refractivity (Wildman–Crippen MR) is 60.1 cm³/mol. The quantitative estimate of drug-likeness (QED) is 0.789. The van der Waals surface area contributed by atoms with E-state index in [1.807, 2.05) is 42.5 Å². The minimum Gasteiger partial charge on any atom is -0.474 e. The van der Waals surface area contributed by atoms with Crippen molar-refractivity contribution in [3.63, 3.8) is 0 Å². The third-order valence-electron chi connectivity index (χ3n) is 2.70. The normalized spacial score (nSPS) is 17.9. The maximum atomic E-state index is 9.58. The van der Waals surface area contributed by atoms with Gasteiger partial charge in [-0.2, -0.15) is 0 Å². The van der Waals surface area contributed by atoms with Crippen LogP contribution in [0, 0.1) is 0 Å². The molecule has 1 aliphatic rings. The van der Waals surface area contributed by atoms with Gasteiger partial charge in [-0.15, -0.1) is 0 Å². The molecule has 0 saturated heterocycles. The van der Waals surface area contributed by atoms with Gasteiger partial charge in [-0.05, 0) is 12.1 Å². The van der Waals surface area contributed by atoms with Crippen LogP contribution in [0.5, 0.6) is 5.88 Å². The van der Waals surface area contributed by atoms with Gasteiger partial charge in [0, 0.05) is 11.1 Å². The average Bonchev–Trinajstić information content (AvgIpc) is 2.72. The number of aromatic nitrogens is 1. The van der Waals surface area contributed by atoms with E-state index in [0.717, 1.165) is 16.8 Å². The van der Waals surface area contributed by atoms with E-state index in [1.165, 1.54) is 0 Å². The van der Waals surface area contributed by atoms with Gasteiger partial charge in [0.2, 0.25) is 5.88 Å². The lowest BCUT2D eigenvalue weighted by molar-refractivity contribution is 0.139. The van der Waals surface area contributed by atoms with Crippen molar-refractivity contribution in [2.75, 3.05) is 6.61 Å². The number of rotatable bonds is 1. The van der Waals surface area contributed by atoms with E-state index >= 15 is 0 Å². The summed E-state index contributed by atoms with van der Waals surface area (Å²) in [6.07, 6.45) is -0.535. The molecule has 1 aromatic heterocycles. The van der Waals surface area contributed by atoms with Gasteiger partial charge in [0.1, 0.15) is 12.7 Å². The summed E-state index contributed by atoms with van der Waals surface area (Å²) in [6, 6.07) is 13.7. The Morgan fingerprint density at radius 3 is 2.75 bits per heavy atom. The Bertz CT molecular complexity index is 511. The van der Waals surface area contributed by atoms with Crippen LogP contribution in [0.25, 0.3) is 11.3 Å². The van der Waals surface area contributed by atoms with E-state index in [-0.39, 0.29) is 0 Å². The molecule has 16 heavy (non-hydrogen) atoms. The highest BCUT2D eigenvalue weighted by Gasteiger charge is 2.23. The Balaban J connectivity index is 2.06. The van der Waals surface area contributed by atoms with Gasteiger partial charge < -0.3 is 9.84 Å². The molecule has 80 valence electrons. The Kier molecular flexibility index (Phi) is 2.11. The molecule has 1 aliphatic heterocycles. The largest absolute Gasteiger partial charge is 0.474 e. The van der Waals surface area contributed by atoms with E-state index < -0.39 is 6.10 Å². The number of aliphatic hydroxyl groups excluding tert-OH is 1. The molecule has 0 spiro atoms. The zero-order valence-electron chi connectivity index (χ0n) is 8.63. The third-order valence-corrected chi connectivity index (χ3v) is 2.70. The highest BCUT2D eigenvalue weighted by Crippen LogP contribution is 2.32. The number of benzene rings is 1. The number of hydrogen-bond donors (Lipinski definition) is 1. The van der Waals surface area contributed by atoms with E-state index in [2.05, 4.69) is 4.98 Å². The molecule has 2 heterocycles. The van der Waals surface area contributed by atoms with Crippen molar-refractivity contribution in [1.82, 2.24) is 4.98 Å². The van der Waals surface area contributed by atoms with Crippen LogP contribution in [0.2, 0.25) is 0 Å². The smallest absolute Gasteiger partial charge is 0.220 e. The number of hydrogen-bond acceptors (Lipinski definition) is 3. The van der Waals surface area contributed by atoms with E-state index in [9.17, 15) is 5.11 Å². The van der Waals surface area contributed by atoms with E-state index in [4.69, 9.17) is 4.74 Å². The SMILES string of the molecule is OC1COc2nc(-c3ccccc3)ccc21. The summed E-state index contributed by atoms with van der Waals surface area (Å²) in [6.45, 7) is 0.306. The first kappa shape index (κ1) is 9.36. The molecule has 3 nitrogen and oxygen atoms in total. The molecule has 3 rings (SSSR count). The predicted octanol–water partition coefficient (Wildman–Crippen LogP) is 2.17. The zero-order chi connectivity index (χ0) is 11.0. The first-order valence-corrected chi connectivity index (χ1v) is 5.22. The number of fused-ring (bicyclic) bond motifs is 1. The Hall–Kier alpha value is -1.87. The summed E-state index contributed by atoms with van der Waals surface area (Å²) >= 11 is 0. The molecule has 0 amide bonds. The molecule has 0 bridgehead atoms. The molecular weight excluding hydrogens is 202 g/mol. The van der Waals surface area contributed by atoms with Gasteiger partial charge in [0.25, 0.3) is 0 Å². The van der Waals surface area contributed by atoms with Crippen LogP contribution in [0.3, 0.4) is 0 Å². The maximum absolute atomic E-state index is 9.58. The van der Waals surface area contributed by atoms with Gasteiger partial charge in [0.05, 0.1) is 5.69 Å². The molecule has 3 heteroatoms. The molecular formula is C13H11NO2. The lowest BCUT2D eigenvalue weighted by atomic mass is 10.1. The minimum atomic E-state index is -0.535. The summed E-state index contributed by atoms with van der Waals surface area (Å²) in [7, 11) is 0. The molecule has 0 fully saturated rings. The molecule has 0 saturated carbocycles. The first-order valence-electron chi connectivity index (χ1n) is 5.22. The first-order chi connectivity index (χ1) is 7.84. The number of nitrogens with zero attached hydrogens (tertiary/aromatic N) is 1. The van der Waals surface area contributed by atoms with Crippen LogP contribution in [0.4, 0.5) is 0 Å². The molecule has 1 aromatic carbocycles. The standard InChI is InChI=1S/C13H11NO2/c15-12-8-16-13-10(12)6-7-11(14-13)9-4-2-1-3-5-9/h1-7,12,15H,8H2. The number of pyridine rings is 1. The fourth-order valence-electron chi connectivity index (χ4n) is 1.84. The van der Waals surface area contributed by atoms with Gasteiger partial charge in [-0.25, -0.2) is 4.98 Å². The summed E-state index contributed by atoms with van der Waals surface area (Å²) in [4.78, 5) is 4.39. The topological polar surface area (TPSA) is 42.4 Å². The highest BCUT2D eigenvalue weighted by molar-refractivity contribution is 5.60. The molecule has 2 aromatic rings. The van der Waals surface area contributed by atoms with E-state index in [1.54, 1.807) is 0 Å². The molecule has 1 unspecified atom stereocenters. The van der Waals surface area contributed by atoms with Crippen molar-refractivity contribution in [3.8, 4) is 17.1 Å². The summed E-state index contributed by atoms with van der Waals surface area (Å²) in [5.41, 5.74) is 2.70. The van der Waals surface area contributed by atoms with Crippen molar-refractivity contribution in [3.05, 3.63) is 48.0 Å².